The quantitative estimate of drug-likeness (QED) is 0.773. The second kappa shape index (κ2) is 7.26. The smallest absolute Gasteiger partial charge is 0.343 e. The zero-order valence-electron chi connectivity index (χ0n) is 12.8. The lowest BCUT2D eigenvalue weighted by molar-refractivity contribution is 0.0215. The lowest BCUT2D eigenvalue weighted by Crippen LogP contribution is -2.33. The van der Waals surface area contributed by atoms with Crippen molar-refractivity contribution in [3.05, 3.63) is 17.7 Å². The van der Waals surface area contributed by atoms with Crippen molar-refractivity contribution in [1.29, 1.82) is 0 Å². The number of carbonyl (C=O) groups is 1. The van der Waals surface area contributed by atoms with Gasteiger partial charge in [-0.05, 0) is 31.4 Å². The van der Waals surface area contributed by atoms with Crippen molar-refractivity contribution in [1.82, 2.24) is 4.98 Å². The first-order valence-electron chi connectivity index (χ1n) is 7.11. The van der Waals surface area contributed by atoms with Crippen LogP contribution in [0.15, 0.2) is 12.1 Å². The summed E-state index contributed by atoms with van der Waals surface area (Å²) in [5.41, 5.74) is 0.325. The van der Waals surface area contributed by atoms with Gasteiger partial charge < -0.3 is 19.1 Å². The van der Waals surface area contributed by atoms with Crippen molar-refractivity contribution in [2.24, 2.45) is 0 Å². The maximum Gasteiger partial charge on any atom is 0.343 e. The van der Waals surface area contributed by atoms with Gasteiger partial charge in [0.25, 0.3) is 0 Å². The van der Waals surface area contributed by atoms with Gasteiger partial charge in [-0.3, -0.25) is 0 Å². The molecule has 0 bridgehead atoms. The third-order valence-corrected chi connectivity index (χ3v) is 3.59. The number of aromatic nitrogens is 1. The fourth-order valence-electron chi connectivity index (χ4n) is 2.41. The standard InChI is InChI=1S/C15H22N2O4/c1-17(10-11-6-4-5-9-21-11)13-8-7-12(15(18)20-3)14(16-13)19-2/h7-8,11H,4-6,9-10H2,1-3H3. The molecule has 2 heterocycles. The number of likely N-dealkylation sites (N-methyl/N-ethyl adjacent to an activating group) is 1. The highest BCUT2D eigenvalue weighted by atomic mass is 16.5. The minimum atomic E-state index is -0.454. The van der Waals surface area contributed by atoms with Gasteiger partial charge >= 0.3 is 5.97 Å². The highest BCUT2D eigenvalue weighted by molar-refractivity contribution is 5.92. The Morgan fingerprint density at radius 3 is 2.86 bits per heavy atom. The molecule has 0 radical (unpaired) electrons. The van der Waals surface area contributed by atoms with Gasteiger partial charge in [0.2, 0.25) is 5.88 Å². The summed E-state index contributed by atoms with van der Waals surface area (Å²) in [4.78, 5) is 18.0. The second-order valence-corrected chi connectivity index (χ2v) is 5.09. The number of rotatable bonds is 5. The number of pyridine rings is 1. The van der Waals surface area contributed by atoms with Crippen LogP contribution in [0, 0.1) is 0 Å². The van der Waals surface area contributed by atoms with Crippen molar-refractivity contribution in [3.8, 4) is 5.88 Å². The molecule has 1 aliphatic heterocycles. The Morgan fingerprint density at radius 1 is 1.43 bits per heavy atom. The molecule has 1 aliphatic rings. The summed E-state index contributed by atoms with van der Waals surface area (Å²) in [6, 6.07) is 3.46. The molecule has 1 aromatic heterocycles. The van der Waals surface area contributed by atoms with Crippen LogP contribution in [0.3, 0.4) is 0 Å². The van der Waals surface area contributed by atoms with E-state index in [2.05, 4.69) is 4.98 Å². The lowest BCUT2D eigenvalue weighted by Gasteiger charge is -2.28. The molecule has 1 unspecified atom stereocenters. The van der Waals surface area contributed by atoms with Crippen LogP contribution in [0.2, 0.25) is 0 Å². The third kappa shape index (κ3) is 3.85. The van der Waals surface area contributed by atoms with Gasteiger partial charge in [-0.25, -0.2) is 4.79 Å². The van der Waals surface area contributed by atoms with E-state index in [1.807, 2.05) is 11.9 Å². The van der Waals surface area contributed by atoms with Crippen molar-refractivity contribution in [3.63, 3.8) is 0 Å². The molecule has 21 heavy (non-hydrogen) atoms. The summed E-state index contributed by atoms with van der Waals surface area (Å²) in [5.74, 6) is 0.564. The number of hydrogen-bond acceptors (Lipinski definition) is 6. The van der Waals surface area contributed by atoms with Crippen LogP contribution in [-0.2, 0) is 9.47 Å². The molecule has 0 spiro atoms. The topological polar surface area (TPSA) is 60.9 Å². The monoisotopic (exact) mass is 294 g/mol. The molecule has 0 aliphatic carbocycles. The van der Waals surface area contributed by atoms with Gasteiger partial charge in [0, 0.05) is 20.2 Å². The predicted molar refractivity (Wildman–Crippen MR) is 79.0 cm³/mol. The molecule has 0 saturated carbocycles. The number of carbonyl (C=O) groups excluding carboxylic acids is 1. The summed E-state index contributed by atoms with van der Waals surface area (Å²) in [7, 11) is 4.78. The molecular formula is C15H22N2O4. The van der Waals surface area contributed by atoms with Gasteiger partial charge in [-0.2, -0.15) is 4.98 Å². The summed E-state index contributed by atoms with van der Waals surface area (Å²) >= 11 is 0. The van der Waals surface area contributed by atoms with E-state index in [0.717, 1.165) is 31.8 Å². The molecule has 6 nitrogen and oxygen atoms in total. The summed E-state index contributed by atoms with van der Waals surface area (Å²) in [6.45, 7) is 1.60. The highest BCUT2D eigenvalue weighted by Crippen LogP contribution is 2.22. The Balaban J connectivity index is 2.10. The van der Waals surface area contributed by atoms with E-state index in [-0.39, 0.29) is 12.0 Å². The Kier molecular flexibility index (Phi) is 5.38. The van der Waals surface area contributed by atoms with Crippen LogP contribution < -0.4 is 9.64 Å². The fourth-order valence-corrected chi connectivity index (χ4v) is 2.41. The largest absolute Gasteiger partial charge is 0.480 e. The summed E-state index contributed by atoms with van der Waals surface area (Å²) < 4.78 is 15.6. The van der Waals surface area contributed by atoms with E-state index >= 15 is 0 Å². The minimum Gasteiger partial charge on any atom is -0.480 e. The van der Waals surface area contributed by atoms with Crippen LogP contribution in [0.4, 0.5) is 5.82 Å². The normalized spacial score (nSPS) is 18.1. The minimum absolute atomic E-state index is 0.233. The van der Waals surface area contributed by atoms with Gasteiger partial charge in [0.15, 0.2) is 0 Å². The van der Waals surface area contributed by atoms with Crippen molar-refractivity contribution >= 4 is 11.8 Å². The Bertz CT molecular complexity index is 487. The molecule has 1 saturated heterocycles. The van der Waals surface area contributed by atoms with Crippen molar-refractivity contribution in [2.45, 2.75) is 25.4 Å². The molecule has 0 aromatic carbocycles. The first-order chi connectivity index (χ1) is 10.2. The van der Waals surface area contributed by atoms with Gasteiger partial charge in [0.1, 0.15) is 11.4 Å². The maximum absolute atomic E-state index is 11.6. The molecule has 116 valence electrons. The van der Waals surface area contributed by atoms with Crippen LogP contribution >= 0.6 is 0 Å². The fraction of sp³-hybridized carbons (Fsp3) is 0.600. The van der Waals surface area contributed by atoms with E-state index in [9.17, 15) is 4.79 Å². The molecule has 1 atom stereocenters. The molecule has 1 fully saturated rings. The van der Waals surface area contributed by atoms with Gasteiger partial charge in [-0.1, -0.05) is 0 Å². The molecule has 2 rings (SSSR count). The van der Waals surface area contributed by atoms with E-state index < -0.39 is 5.97 Å². The number of nitrogens with zero attached hydrogens (tertiary/aromatic N) is 2. The maximum atomic E-state index is 11.6. The Morgan fingerprint density at radius 2 is 2.24 bits per heavy atom. The first kappa shape index (κ1) is 15.6. The zero-order chi connectivity index (χ0) is 15.2. The molecule has 6 heteroatoms. The zero-order valence-corrected chi connectivity index (χ0v) is 12.8. The average Bonchev–Trinajstić information content (AvgIpc) is 2.54. The first-order valence-corrected chi connectivity index (χ1v) is 7.11. The van der Waals surface area contributed by atoms with Crippen molar-refractivity contribution in [2.75, 3.05) is 39.3 Å². The van der Waals surface area contributed by atoms with E-state index in [0.29, 0.717) is 5.56 Å². The number of hydrogen-bond donors (Lipinski definition) is 0. The van der Waals surface area contributed by atoms with Crippen LogP contribution in [0.1, 0.15) is 29.6 Å². The van der Waals surface area contributed by atoms with Crippen LogP contribution in [0.25, 0.3) is 0 Å². The van der Waals surface area contributed by atoms with E-state index in [1.165, 1.54) is 20.6 Å². The van der Waals surface area contributed by atoms with Crippen LogP contribution in [-0.4, -0.2) is 51.5 Å². The van der Waals surface area contributed by atoms with Gasteiger partial charge in [0.05, 0.1) is 20.3 Å². The lowest BCUT2D eigenvalue weighted by atomic mass is 10.1. The number of methoxy groups -OCH3 is 2. The van der Waals surface area contributed by atoms with Crippen molar-refractivity contribution < 1.29 is 19.0 Å². The summed E-state index contributed by atoms with van der Waals surface area (Å²) in [6.07, 6.45) is 3.65. The Labute approximate surface area is 125 Å². The average molecular weight is 294 g/mol. The van der Waals surface area contributed by atoms with Gasteiger partial charge in [-0.15, -0.1) is 0 Å². The molecule has 0 N–H and O–H groups in total. The Hall–Kier alpha value is -1.82. The third-order valence-electron chi connectivity index (χ3n) is 3.59. The van der Waals surface area contributed by atoms with E-state index in [1.54, 1.807) is 12.1 Å². The molecular weight excluding hydrogens is 272 g/mol. The molecule has 0 amide bonds. The van der Waals surface area contributed by atoms with Crippen LogP contribution in [0.5, 0.6) is 5.88 Å². The SMILES string of the molecule is COC(=O)c1ccc(N(C)CC2CCCCO2)nc1OC. The predicted octanol–water partition coefficient (Wildman–Crippen LogP) is 1.88. The highest BCUT2D eigenvalue weighted by Gasteiger charge is 2.19. The second-order valence-electron chi connectivity index (χ2n) is 5.09. The molecule has 1 aromatic rings. The summed E-state index contributed by atoms with van der Waals surface area (Å²) in [5, 5.41) is 0. The number of anilines is 1. The number of ether oxygens (including phenoxy) is 3. The van der Waals surface area contributed by atoms with E-state index in [4.69, 9.17) is 14.2 Å². The number of esters is 1.